The molecule has 1 nitrogen and oxygen atoms in total. The average Bonchev–Trinajstić information content (AvgIpc) is 2.24. The van der Waals surface area contributed by atoms with Crippen molar-refractivity contribution in [1.82, 2.24) is 0 Å². The lowest BCUT2D eigenvalue weighted by Gasteiger charge is -2.07. The van der Waals surface area contributed by atoms with Crippen LogP contribution < -0.4 is 5.32 Å². The topological polar surface area (TPSA) is 12.0 Å². The van der Waals surface area contributed by atoms with Crippen molar-refractivity contribution < 1.29 is 13.2 Å². The van der Waals surface area contributed by atoms with Crippen molar-refractivity contribution in [3.8, 4) is 0 Å². The fourth-order valence-corrected chi connectivity index (χ4v) is 1.32. The van der Waals surface area contributed by atoms with Crippen molar-refractivity contribution in [2.45, 2.75) is 0 Å². The van der Waals surface area contributed by atoms with E-state index in [0.29, 0.717) is 5.69 Å². The molecule has 0 saturated carbocycles. The molecule has 82 valence electrons. The van der Waals surface area contributed by atoms with E-state index in [1.54, 1.807) is 6.07 Å². The third-order valence-electron chi connectivity index (χ3n) is 2.03. The van der Waals surface area contributed by atoms with Crippen LogP contribution in [-0.2, 0) is 0 Å². The second-order valence-corrected chi connectivity index (χ2v) is 3.26. The monoisotopic (exact) mass is 223 g/mol. The fourth-order valence-electron chi connectivity index (χ4n) is 1.32. The predicted molar refractivity (Wildman–Crippen MR) is 56.0 cm³/mol. The van der Waals surface area contributed by atoms with E-state index in [-0.39, 0.29) is 5.69 Å². The van der Waals surface area contributed by atoms with Gasteiger partial charge in [-0.25, -0.2) is 13.2 Å². The molecule has 0 aliphatic heterocycles. The van der Waals surface area contributed by atoms with Crippen LogP contribution in [-0.4, -0.2) is 0 Å². The lowest BCUT2D eigenvalue weighted by molar-refractivity contribution is 0.603. The second-order valence-electron chi connectivity index (χ2n) is 3.26. The van der Waals surface area contributed by atoms with Crippen LogP contribution in [0.1, 0.15) is 0 Å². The molecule has 0 aliphatic carbocycles. The van der Waals surface area contributed by atoms with Crippen LogP contribution >= 0.6 is 0 Å². The zero-order valence-electron chi connectivity index (χ0n) is 8.18. The lowest BCUT2D eigenvalue weighted by atomic mass is 10.2. The van der Waals surface area contributed by atoms with Crippen molar-refractivity contribution in [3.63, 3.8) is 0 Å². The highest BCUT2D eigenvalue weighted by atomic mass is 19.1. The van der Waals surface area contributed by atoms with E-state index in [1.165, 1.54) is 18.2 Å². The van der Waals surface area contributed by atoms with E-state index in [1.807, 2.05) is 0 Å². The number of hydrogen-bond acceptors (Lipinski definition) is 1. The minimum Gasteiger partial charge on any atom is -0.353 e. The van der Waals surface area contributed by atoms with E-state index in [9.17, 15) is 13.2 Å². The zero-order valence-corrected chi connectivity index (χ0v) is 8.18. The highest BCUT2D eigenvalue weighted by Crippen LogP contribution is 2.21. The van der Waals surface area contributed by atoms with Gasteiger partial charge in [-0.3, -0.25) is 0 Å². The Kier molecular flexibility index (Phi) is 2.81. The number of rotatable bonds is 2. The normalized spacial score (nSPS) is 10.2. The average molecular weight is 223 g/mol. The summed E-state index contributed by atoms with van der Waals surface area (Å²) < 4.78 is 38.9. The Labute approximate surface area is 90.5 Å². The van der Waals surface area contributed by atoms with Crippen LogP contribution in [0, 0.1) is 17.5 Å². The molecule has 0 unspecified atom stereocenters. The Bertz CT molecular complexity index is 511. The van der Waals surface area contributed by atoms with E-state index in [4.69, 9.17) is 0 Å². The Morgan fingerprint density at radius 3 is 2.31 bits per heavy atom. The molecule has 0 amide bonds. The van der Waals surface area contributed by atoms with Gasteiger partial charge in [-0.2, -0.15) is 0 Å². The standard InChI is InChI=1S/C12H8F3N/c13-8-2-1-3-10(6-8)16-12-7-9(14)4-5-11(12)15/h1-7,16H. The number of halogens is 3. The number of anilines is 2. The summed E-state index contributed by atoms with van der Waals surface area (Å²) in [4.78, 5) is 0. The van der Waals surface area contributed by atoms with Crippen LogP contribution in [0.15, 0.2) is 42.5 Å². The minimum absolute atomic E-state index is 0.0226. The summed E-state index contributed by atoms with van der Waals surface area (Å²) in [5.41, 5.74) is 0.343. The molecule has 0 radical (unpaired) electrons. The van der Waals surface area contributed by atoms with E-state index >= 15 is 0 Å². The Hall–Kier alpha value is -1.97. The molecule has 0 spiro atoms. The molecule has 4 heteroatoms. The summed E-state index contributed by atoms with van der Waals surface area (Å²) >= 11 is 0. The molecular formula is C12H8F3N. The van der Waals surface area contributed by atoms with Crippen LogP contribution in [0.25, 0.3) is 0 Å². The first-order chi connectivity index (χ1) is 7.65. The summed E-state index contributed by atoms with van der Waals surface area (Å²) in [7, 11) is 0. The van der Waals surface area contributed by atoms with Gasteiger partial charge in [0.2, 0.25) is 0 Å². The third kappa shape index (κ3) is 2.34. The summed E-state index contributed by atoms with van der Waals surface area (Å²) in [6, 6.07) is 8.56. The first-order valence-corrected chi connectivity index (χ1v) is 4.63. The maximum absolute atomic E-state index is 13.2. The van der Waals surface area contributed by atoms with Crippen LogP contribution in [0.2, 0.25) is 0 Å². The number of benzene rings is 2. The van der Waals surface area contributed by atoms with Crippen molar-refractivity contribution in [1.29, 1.82) is 0 Å². The molecule has 0 heterocycles. The van der Waals surface area contributed by atoms with Gasteiger partial charge in [0.1, 0.15) is 17.5 Å². The van der Waals surface area contributed by atoms with Gasteiger partial charge in [-0.05, 0) is 30.3 Å². The van der Waals surface area contributed by atoms with Crippen LogP contribution in [0.5, 0.6) is 0 Å². The van der Waals surface area contributed by atoms with Crippen molar-refractivity contribution in [3.05, 3.63) is 59.9 Å². The molecule has 0 aliphatic rings. The molecule has 0 aromatic heterocycles. The summed E-state index contributed by atoms with van der Waals surface area (Å²) in [5, 5.41) is 2.60. The molecule has 0 bridgehead atoms. The highest BCUT2D eigenvalue weighted by molar-refractivity contribution is 5.60. The van der Waals surface area contributed by atoms with Crippen molar-refractivity contribution >= 4 is 11.4 Å². The SMILES string of the molecule is Fc1cccc(Nc2cc(F)ccc2F)c1. The Balaban J connectivity index is 2.30. The van der Waals surface area contributed by atoms with Crippen molar-refractivity contribution in [2.75, 3.05) is 5.32 Å². The fraction of sp³-hybridized carbons (Fsp3) is 0. The van der Waals surface area contributed by atoms with Crippen LogP contribution in [0.3, 0.4) is 0 Å². The molecule has 0 saturated heterocycles. The molecule has 1 N–H and O–H groups in total. The third-order valence-corrected chi connectivity index (χ3v) is 2.03. The number of nitrogens with one attached hydrogen (secondary N) is 1. The van der Waals surface area contributed by atoms with Gasteiger partial charge < -0.3 is 5.32 Å². The van der Waals surface area contributed by atoms with Gasteiger partial charge in [0, 0.05) is 11.8 Å². The second kappa shape index (κ2) is 4.26. The quantitative estimate of drug-likeness (QED) is 0.815. The largest absolute Gasteiger partial charge is 0.353 e. The first kappa shape index (κ1) is 10.5. The summed E-state index contributed by atoms with van der Waals surface area (Å²) in [6.07, 6.45) is 0. The van der Waals surface area contributed by atoms with Gasteiger partial charge in [0.25, 0.3) is 0 Å². The molecule has 0 fully saturated rings. The van der Waals surface area contributed by atoms with Crippen LogP contribution in [0.4, 0.5) is 24.5 Å². The Morgan fingerprint density at radius 1 is 0.812 bits per heavy atom. The smallest absolute Gasteiger partial charge is 0.146 e. The van der Waals surface area contributed by atoms with E-state index < -0.39 is 17.5 Å². The summed E-state index contributed by atoms with van der Waals surface area (Å²) in [6.45, 7) is 0. The number of hydrogen-bond donors (Lipinski definition) is 1. The maximum atomic E-state index is 13.2. The highest BCUT2D eigenvalue weighted by Gasteiger charge is 2.04. The van der Waals surface area contributed by atoms with Gasteiger partial charge in [0.15, 0.2) is 0 Å². The van der Waals surface area contributed by atoms with Gasteiger partial charge in [-0.1, -0.05) is 6.07 Å². The zero-order chi connectivity index (χ0) is 11.5. The first-order valence-electron chi connectivity index (χ1n) is 4.63. The molecule has 2 aromatic carbocycles. The van der Waals surface area contributed by atoms with Gasteiger partial charge in [0.05, 0.1) is 5.69 Å². The molecule has 16 heavy (non-hydrogen) atoms. The molecule has 2 aromatic rings. The van der Waals surface area contributed by atoms with Gasteiger partial charge >= 0.3 is 0 Å². The Morgan fingerprint density at radius 2 is 1.56 bits per heavy atom. The predicted octanol–water partition coefficient (Wildman–Crippen LogP) is 3.85. The van der Waals surface area contributed by atoms with Crippen molar-refractivity contribution in [2.24, 2.45) is 0 Å². The molecule has 2 rings (SSSR count). The lowest BCUT2D eigenvalue weighted by Crippen LogP contribution is -1.94. The van der Waals surface area contributed by atoms with E-state index in [2.05, 4.69) is 5.32 Å². The van der Waals surface area contributed by atoms with Gasteiger partial charge in [-0.15, -0.1) is 0 Å². The minimum atomic E-state index is -0.592. The summed E-state index contributed by atoms with van der Waals surface area (Å²) in [5.74, 6) is -1.59. The molecule has 0 atom stereocenters. The maximum Gasteiger partial charge on any atom is 0.146 e. The van der Waals surface area contributed by atoms with E-state index in [0.717, 1.165) is 18.2 Å². The molecular weight excluding hydrogens is 215 g/mol.